The van der Waals surface area contributed by atoms with Crippen molar-refractivity contribution in [3.63, 3.8) is 0 Å². The number of nitrogens with one attached hydrogen (secondary N) is 1. The number of hydrogen-bond acceptors (Lipinski definition) is 5. The molecule has 0 saturated carbocycles. The fraction of sp³-hybridized carbons (Fsp3) is 0.455. The summed E-state index contributed by atoms with van der Waals surface area (Å²) in [6.45, 7) is 0. The quantitative estimate of drug-likeness (QED) is 0.892. The molecule has 0 saturated heterocycles. The van der Waals surface area contributed by atoms with E-state index in [1.807, 2.05) is 30.1 Å². The number of nitrogens with zero attached hydrogens (tertiary/aromatic N) is 2. The van der Waals surface area contributed by atoms with Gasteiger partial charge in [0.25, 0.3) is 0 Å². The Kier molecular flexibility index (Phi) is 2.75. The minimum absolute atomic E-state index is 0.503. The zero-order valence-corrected chi connectivity index (χ0v) is 10.7. The Labute approximate surface area is 103 Å². The maximum absolute atomic E-state index is 4.74. The highest BCUT2D eigenvalue weighted by molar-refractivity contribution is 7.20. The zero-order chi connectivity index (χ0) is 11.0. The Balaban J connectivity index is 2.02. The van der Waals surface area contributed by atoms with Gasteiger partial charge in [-0.25, -0.2) is 4.98 Å². The van der Waals surface area contributed by atoms with E-state index in [2.05, 4.69) is 10.3 Å². The summed E-state index contributed by atoms with van der Waals surface area (Å²) in [4.78, 5) is 11.5. The van der Waals surface area contributed by atoms with Crippen LogP contribution in [0.2, 0.25) is 0 Å². The van der Waals surface area contributed by atoms with Crippen molar-refractivity contribution in [3.8, 4) is 9.88 Å². The van der Waals surface area contributed by atoms with Crippen LogP contribution in [0.1, 0.15) is 29.5 Å². The van der Waals surface area contributed by atoms with E-state index in [9.17, 15) is 0 Å². The van der Waals surface area contributed by atoms with E-state index >= 15 is 0 Å². The van der Waals surface area contributed by atoms with Gasteiger partial charge < -0.3 is 5.32 Å². The SMILES string of the molecule is CNC1CCCc2nc(-c3cncs3)sc21. The van der Waals surface area contributed by atoms with E-state index in [1.165, 1.54) is 28.3 Å². The van der Waals surface area contributed by atoms with Gasteiger partial charge in [-0.15, -0.1) is 22.7 Å². The Bertz CT molecular complexity index is 475. The van der Waals surface area contributed by atoms with Crippen LogP contribution in [0.4, 0.5) is 0 Å². The number of aromatic nitrogens is 2. The van der Waals surface area contributed by atoms with Gasteiger partial charge in [-0.2, -0.15) is 0 Å². The van der Waals surface area contributed by atoms with Crippen molar-refractivity contribution >= 4 is 22.7 Å². The lowest BCUT2D eigenvalue weighted by Gasteiger charge is -2.19. The Morgan fingerprint density at radius 1 is 1.50 bits per heavy atom. The average molecular weight is 251 g/mol. The topological polar surface area (TPSA) is 37.8 Å². The number of rotatable bonds is 2. The highest BCUT2D eigenvalue weighted by Gasteiger charge is 2.23. The molecule has 0 bridgehead atoms. The molecule has 1 unspecified atom stereocenters. The van der Waals surface area contributed by atoms with Gasteiger partial charge in [0.2, 0.25) is 0 Å². The van der Waals surface area contributed by atoms with Gasteiger partial charge in [0.1, 0.15) is 5.01 Å². The van der Waals surface area contributed by atoms with Gasteiger partial charge in [-0.1, -0.05) is 0 Å². The van der Waals surface area contributed by atoms with Crippen LogP contribution in [-0.2, 0) is 6.42 Å². The van der Waals surface area contributed by atoms with Crippen LogP contribution in [0.5, 0.6) is 0 Å². The molecule has 3 rings (SSSR count). The van der Waals surface area contributed by atoms with Crippen LogP contribution < -0.4 is 5.32 Å². The van der Waals surface area contributed by atoms with Gasteiger partial charge in [0, 0.05) is 17.1 Å². The molecule has 1 atom stereocenters. The summed E-state index contributed by atoms with van der Waals surface area (Å²) in [5.41, 5.74) is 3.16. The summed E-state index contributed by atoms with van der Waals surface area (Å²) in [6.07, 6.45) is 5.50. The summed E-state index contributed by atoms with van der Waals surface area (Å²) >= 11 is 3.49. The second-order valence-corrected chi connectivity index (χ2v) is 5.85. The molecular weight excluding hydrogens is 238 g/mol. The molecule has 0 spiro atoms. The average Bonchev–Trinajstić information content (AvgIpc) is 2.96. The molecule has 5 heteroatoms. The molecular formula is C11H13N3S2. The van der Waals surface area contributed by atoms with Crippen molar-refractivity contribution in [2.45, 2.75) is 25.3 Å². The molecule has 3 nitrogen and oxygen atoms in total. The summed E-state index contributed by atoms with van der Waals surface area (Å²) in [7, 11) is 2.03. The first-order valence-electron chi connectivity index (χ1n) is 5.44. The van der Waals surface area contributed by atoms with Crippen LogP contribution in [0.25, 0.3) is 9.88 Å². The molecule has 0 fully saturated rings. The highest BCUT2D eigenvalue weighted by Crippen LogP contribution is 2.38. The molecule has 0 amide bonds. The maximum atomic E-state index is 4.74. The fourth-order valence-electron chi connectivity index (χ4n) is 2.12. The normalized spacial score (nSPS) is 19.7. The lowest BCUT2D eigenvalue weighted by atomic mass is 9.98. The van der Waals surface area contributed by atoms with Gasteiger partial charge in [-0.3, -0.25) is 4.98 Å². The minimum Gasteiger partial charge on any atom is -0.312 e. The lowest BCUT2D eigenvalue weighted by Crippen LogP contribution is -2.19. The van der Waals surface area contributed by atoms with E-state index in [1.54, 1.807) is 11.3 Å². The Hall–Kier alpha value is -0.780. The van der Waals surface area contributed by atoms with E-state index in [0.29, 0.717) is 6.04 Å². The minimum atomic E-state index is 0.503. The number of fused-ring (bicyclic) bond motifs is 1. The van der Waals surface area contributed by atoms with Gasteiger partial charge in [0.15, 0.2) is 0 Å². The molecule has 0 aromatic carbocycles. The van der Waals surface area contributed by atoms with Crippen LogP contribution in [0, 0.1) is 0 Å². The third kappa shape index (κ3) is 1.69. The molecule has 16 heavy (non-hydrogen) atoms. The standard InChI is InChI=1S/C11H13N3S2/c1-12-7-3-2-4-8-10(7)16-11(14-8)9-5-13-6-15-9/h5-7,12H,2-4H2,1H3. The third-order valence-electron chi connectivity index (χ3n) is 2.94. The van der Waals surface area contributed by atoms with Crippen molar-refractivity contribution in [2.24, 2.45) is 0 Å². The molecule has 1 aliphatic carbocycles. The van der Waals surface area contributed by atoms with Crippen LogP contribution in [-0.4, -0.2) is 17.0 Å². The van der Waals surface area contributed by atoms with Gasteiger partial charge in [0.05, 0.1) is 16.1 Å². The molecule has 2 heterocycles. The number of aryl methyl sites for hydroxylation is 1. The molecule has 0 aliphatic heterocycles. The van der Waals surface area contributed by atoms with Crippen LogP contribution >= 0.6 is 22.7 Å². The monoisotopic (exact) mass is 251 g/mol. The van der Waals surface area contributed by atoms with Crippen LogP contribution in [0.3, 0.4) is 0 Å². The Morgan fingerprint density at radius 2 is 2.44 bits per heavy atom. The molecule has 1 N–H and O–H groups in total. The summed E-state index contributed by atoms with van der Waals surface area (Å²) < 4.78 is 0. The fourth-order valence-corrected chi connectivity index (χ4v) is 4.06. The number of hydrogen-bond donors (Lipinski definition) is 1. The molecule has 2 aromatic rings. The van der Waals surface area contributed by atoms with Crippen molar-refractivity contribution in [1.29, 1.82) is 0 Å². The first kappa shape index (κ1) is 10.4. The van der Waals surface area contributed by atoms with E-state index in [0.717, 1.165) is 11.4 Å². The lowest BCUT2D eigenvalue weighted by molar-refractivity contribution is 0.501. The predicted octanol–water partition coefficient (Wildman–Crippen LogP) is 2.86. The molecule has 2 aromatic heterocycles. The second-order valence-electron chi connectivity index (χ2n) is 3.93. The van der Waals surface area contributed by atoms with E-state index < -0.39 is 0 Å². The van der Waals surface area contributed by atoms with Crippen molar-refractivity contribution in [1.82, 2.24) is 15.3 Å². The summed E-state index contributed by atoms with van der Waals surface area (Å²) in [5.74, 6) is 0. The molecule has 0 radical (unpaired) electrons. The summed E-state index contributed by atoms with van der Waals surface area (Å²) in [6, 6.07) is 0.503. The number of thiazole rings is 2. The van der Waals surface area contributed by atoms with Gasteiger partial charge in [-0.05, 0) is 26.3 Å². The van der Waals surface area contributed by atoms with Crippen LogP contribution in [0.15, 0.2) is 11.7 Å². The first-order chi connectivity index (χ1) is 7.88. The van der Waals surface area contributed by atoms with Crippen molar-refractivity contribution < 1.29 is 0 Å². The third-order valence-corrected chi connectivity index (χ3v) is 5.10. The van der Waals surface area contributed by atoms with E-state index in [4.69, 9.17) is 4.98 Å². The molecule has 84 valence electrons. The van der Waals surface area contributed by atoms with Crippen molar-refractivity contribution in [2.75, 3.05) is 7.05 Å². The van der Waals surface area contributed by atoms with Gasteiger partial charge >= 0.3 is 0 Å². The second kappa shape index (κ2) is 4.24. The highest BCUT2D eigenvalue weighted by atomic mass is 32.1. The smallest absolute Gasteiger partial charge is 0.135 e. The summed E-state index contributed by atoms with van der Waals surface area (Å²) in [5, 5.41) is 4.51. The largest absolute Gasteiger partial charge is 0.312 e. The molecule has 1 aliphatic rings. The predicted molar refractivity (Wildman–Crippen MR) is 68.0 cm³/mol. The first-order valence-corrected chi connectivity index (χ1v) is 7.14. The van der Waals surface area contributed by atoms with Crippen molar-refractivity contribution in [3.05, 3.63) is 22.3 Å². The van der Waals surface area contributed by atoms with E-state index in [-0.39, 0.29) is 0 Å². The maximum Gasteiger partial charge on any atom is 0.135 e. The zero-order valence-electron chi connectivity index (χ0n) is 9.06. The Morgan fingerprint density at radius 3 is 3.19 bits per heavy atom.